The standard InChI is InChI=1S/C15H20N6O/c1-2-3-4-5-11-15(16)19-14(7-17-11)18-13-6-12(20-21-13)10-8-22-9-10/h4-7,10H,2-3,8-9H2,1H3,(H4,16,18,19,20,21)/b5-4-. The predicted molar refractivity (Wildman–Crippen MR) is 85.8 cm³/mol. The molecule has 22 heavy (non-hydrogen) atoms. The Morgan fingerprint density at radius 2 is 2.32 bits per heavy atom. The fourth-order valence-electron chi connectivity index (χ4n) is 2.12. The molecule has 1 saturated heterocycles. The lowest BCUT2D eigenvalue weighted by Crippen LogP contribution is -2.25. The van der Waals surface area contributed by atoms with E-state index in [9.17, 15) is 0 Å². The molecule has 7 heteroatoms. The Hall–Kier alpha value is -2.41. The Kier molecular flexibility index (Phi) is 4.34. The molecule has 0 radical (unpaired) electrons. The van der Waals surface area contributed by atoms with Gasteiger partial charge in [0.15, 0.2) is 17.5 Å². The van der Waals surface area contributed by atoms with Crippen LogP contribution < -0.4 is 11.1 Å². The van der Waals surface area contributed by atoms with E-state index in [0.29, 0.717) is 29.1 Å². The summed E-state index contributed by atoms with van der Waals surface area (Å²) in [6.07, 6.45) is 7.70. The average molecular weight is 300 g/mol. The van der Waals surface area contributed by atoms with Crippen LogP contribution in [0.5, 0.6) is 0 Å². The molecule has 0 aromatic carbocycles. The van der Waals surface area contributed by atoms with Crippen molar-refractivity contribution in [3.05, 3.63) is 29.7 Å². The van der Waals surface area contributed by atoms with Crippen LogP contribution in [0.25, 0.3) is 6.08 Å². The van der Waals surface area contributed by atoms with Crippen molar-refractivity contribution in [3.8, 4) is 0 Å². The highest BCUT2D eigenvalue weighted by atomic mass is 16.5. The van der Waals surface area contributed by atoms with E-state index in [4.69, 9.17) is 10.5 Å². The van der Waals surface area contributed by atoms with Gasteiger partial charge in [0.1, 0.15) is 5.69 Å². The maximum Gasteiger partial charge on any atom is 0.153 e. The van der Waals surface area contributed by atoms with Crippen molar-refractivity contribution < 1.29 is 4.74 Å². The minimum atomic E-state index is 0.403. The van der Waals surface area contributed by atoms with Crippen molar-refractivity contribution in [1.82, 2.24) is 20.2 Å². The Morgan fingerprint density at radius 1 is 1.45 bits per heavy atom. The minimum absolute atomic E-state index is 0.403. The monoisotopic (exact) mass is 300 g/mol. The van der Waals surface area contributed by atoms with Gasteiger partial charge >= 0.3 is 0 Å². The average Bonchev–Trinajstić information content (AvgIpc) is 2.87. The van der Waals surface area contributed by atoms with Crippen LogP contribution in [0.1, 0.15) is 37.1 Å². The van der Waals surface area contributed by atoms with E-state index in [1.165, 1.54) is 0 Å². The number of allylic oxidation sites excluding steroid dienone is 1. The molecule has 0 saturated carbocycles. The number of H-pyrrole nitrogens is 1. The van der Waals surface area contributed by atoms with Crippen molar-refractivity contribution in [2.75, 3.05) is 24.3 Å². The molecular formula is C15H20N6O. The van der Waals surface area contributed by atoms with Gasteiger partial charge in [-0.1, -0.05) is 19.4 Å². The van der Waals surface area contributed by atoms with Gasteiger partial charge in [-0.2, -0.15) is 5.10 Å². The van der Waals surface area contributed by atoms with Gasteiger partial charge in [0.05, 0.1) is 19.4 Å². The summed E-state index contributed by atoms with van der Waals surface area (Å²) in [7, 11) is 0. The van der Waals surface area contributed by atoms with Gasteiger partial charge in [-0.05, 0) is 12.5 Å². The van der Waals surface area contributed by atoms with E-state index in [1.807, 2.05) is 18.2 Å². The van der Waals surface area contributed by atoms with Crippen molar-refractivity contribution in [1.29, 1.82) is 0 Å². The number of nitrogens with one attached hydrogen (secondary N) is 2. The first kappa shape index (κ1) is 14.5. The van der Waals surface area contributed by atoms with Crippen LogP contribution in [0.15, 0.2) is 18.3 Å². The van der Waals surface area contributed by atoms with Crippen molar-refractivity contribution in [2.24, 2.45) is 0 Å². The molecule has 7 nitrogen and oxygen atoms in total. The molecule has 3 heterocycles. The smallest absolute Gasteiger partial charge is 0.153 e. The molecule has 2 aromatic heterocycles. The van der Waals surface area contributed by atoms with Crippen LogP contribution >= 0.6 is 0 Å². The summed E-state index contributed by atoms with van der Waals surface area (Å²) in [6, 6.07) is 1.96. The number of unbranched alkanes of at least 4 members (excludes halogenated alkanes) is 1. The SMILES string of the molecule is CCC/C=C\c1ncc(Nc2cc(C3COC3)[nH]n2)nc1N. The molecule has 116 valence electrons. The van der Waals surface area contributed by atoms with Gasteiger partial charge in [-0.15, -0.1) is 0 Å². The summed E-state index contributed by atoms with van der Waals surface area (Å²) < 4.78 is 5.17. The van der Waals surface area contributed by atoms with Crippen molar-refractivity contribution in [3.63, 3.8) is 0 Å². The molecule has 1 fully saturated rings. The van der Waals surface area contributed by atoms with Crippen LogP contribution in [-0.4, -0.2) is 33.4 Å². The highest BCUT2D eigenvalue weighted by molar-refractivity contribution is 5.61. The number of anilines is 3. The molecule has 0 bridgehead atoms. The second kappa shape index (κ2) is 6.57. The Bertz CT molecular complexity index is 662. The second-order valence-corrected chi connectivity index (χ2v) is 5.28. The molecule has 0 unspecified atom stereocenters. The summed E-state index contributed by atoms with van der Waals surface area (Å²) in [5.74, 6) is 2.09. The third kappa shape index (κ3) is 3.25. The zero-order valence-corrected chi connectivity index (χ0v) is 12.5. The number of nitrogens with zero attached hydrogens (tertiary/aromatic N) is 3. The summed E-state index contributed by atoms with van der Waals surface area (Å²) in [5.41, 5.74) is 7.68. The maximum atomic E-state index is 5.93. The Morgan fingerprint density at radius 3 is 3.00 bits per heavy atom. The Balaban J connectivity index is 1.67. The maximum absolute atomic E-state index is 5.93. The van der Waals surface area contributed by atoms with E-state index < -0.39 is 0 Å². The van der Waals surface area contributed by atoms with E-state index in [2.05, 4.69) is 32.4 Å². The van der Waals surface area contributed by atoms with Crippen LogP contribution in [-0.2, 0) is 4.74 Å². The molecule has 2 aromatic rings. The summed E-state index contributed by atoms with van der Waals surface area (Å²) in [5, 5.41) is 10.3. The molecule has 3 rings (SSSR count). The molecule has 1 aliphatic rings. The van der Waals surface area contributed by atoms with Gasteiger partial charge in [0.2, 0.25) is 0 Å². The summed E-state index contributed by atoms with van der Waals surface area (Å²) >= 11 is 0. The van der Waals surface area contributed by atoms with Crippen LogP contribution in [0.4, 0.5) is 17.5 Å². The van der Waals surface area contributed by atoms with Crippen LogP contribution in [0.3, 0.4) is 0 Å². The van der Waals surface area contributed by atoms with E-state index >= 15 is 0 Å². The lowest BCUT2D eigenvalue weighted by atomic mass is 10.0. The molecule has 0 aliphatic carbocycles. The summed E-state index contributed by atoms with van der Waals surface area (Å²) in [6.45, 7) is 3.61. The quantitative estimate of drug-likeness (QED) is 0.757. The van der Waals surface area contributed by atoms with Crippen molar-refractivity contribution in [2.45, 2.75) is 25.7 Å². The lowest BCUT2D eigenvalue weighted by Gasteiger charge is -2.24. The number of aromatic nitrogens is 4. The fourth-order valence-corrected chi connectivity index (χ4v) is 2.12. The van der Waals surface area contributed by atoms with E-state index in [1.54, 1.807) is 6.20 Å². The molecule has 0 spiro atoms. The molecular weight excluding hydrogens is 280 g/mol. The highest BCUT2D eigenvalue weighted by Crippen LogP contribution is 2.24. The fraction of sp³-hybridized carbons (Fsp3) is 0.400. The van der Waals surface area contributed by atoms with Gasteiger partial charge in [0.25, 0.3) is 0 Å². The van der Waals surface area contributed by atoms with Gasteiger partial charge in [0, 0.05) is 17.7 Å². The zero-order chi connectivity index (χ0) is 15.4. The first-order valence-electron chi connectivity index (χ1n) is 7.45. The van der Waals surface area contributed by atoms with Crippen molar-refractivity contribution >= 4 is 23.5 Å². The normalized spacial score (nSPS) is 15.1. The number of nitrogens with two attached hydrogens (primary N) is 1. The Labute approximate surface area is 129 Å². The predicted octanol–water partition coefficient (Wildman–Crippen LogP) is 2.45. The number of nitrogen functional groups attached to an aromatic ring is 1. The second-order valence-electron chi connectivity index (χ2n) is 5.28. The number of aromatic amines is 1. The molecule has 1 aliphatic heterocycles. The number of hydrogen-bond donors (Lipinski definition) is 3. The van der Waals surface area contributed by atoms with Gasteiger partial charge in [-0.25, -0.2) is 9.97 Å². The third-order valence-corrected chi connectivity index (χ3v) is 3.49. The number of ether oxygens (including phenoxy) is 1. The van der Waals surface area contributed by atoms with Crippen LogP contribution in [0, 0.1) is 0 Å². The minimum Gasteiger partial charge on any atom is -0.382 e. The topological polar surface area (TPSA) is 102 Å². The molecule has 0 atom stereocenters. The first-order chi connectivity index (χ1) is 10.8. The number of rotatable bonds is 6. The highest BCUT2D eigenvalue weighted by Gasteiger charge is 2.22. The third-order valence-electron chi connectivity index (χ3n) is 3.49. The van der Waals surface area contributed by atoms with E-state index in [0.717, 1.165) is 31.7 Å². The van der Waals surface area contributed by atoms with Crippen LogP contribution in [0.2, 0.25) is 0 Å². The zero-order valence-electron chi connectivity index (χ0n) is 12.5. The number of hydrogen-bond acceptors (Lipinski definition) is 6. The molecule has 4 N–H and O–H groups in total. The van der Waals surface area contributed by atoms with E-state index in [-0.39, 0.29) is 0 Å². The first-order valence-corrected chi connectivity index (χ1v) is 7.45. The largest absolute Gasteiger partial charge is 0.382 e. The summed E-state index contributed by atoms with van der Waals surface area (Å²) in [4.78, 5) is 8.63. The molecule has 0 amide bonds. The van der Waals surface area contributed by atoms with Gasteiger partial charge in [-0.3, -0.25) is 5.10 Å². The van der Waals surface area contributed by atoms with Gasteiger partial charge < -0.3 is 15.8 Å². The lowest BCUT2D eigenvalue weighted by molar-refractivity contribution is 0.00670.